The quantitative estimate of drug-likeness (QED) is 0.145. The summed E-state index contributed by atoms with van der Waals surface area (Å²) in [5.41, 5.74) is 24.2. The molecule has 0 bridgehead atoms. The van der Waals surface area contributed by atoms with Gasteiger partial charge in [0, 0.05) is 0 Å². The minimum atomic E-state index is -0.954. The Morgan fingerprint density at radius 2 is 1.90 bits per heavy atom. The second-order valence-corrected chi connectivity index (χ2v) is 7.17. The van der Waals surface area contributed by atoms with Crippen molar-refractivity contribution in [2.45, 2.75) is 31.9 Å². The molecule has 0 saturated carbocycles. The molecule has 1 amide bonds. The summed E-state index contributed by atoms with van der Waals surface area (Å²) in [6, 6.07) is 6.74. The number of benzene rings is 1. The third-order valence-corrected chi connectivity index (χ3v) is 4.73. The fourth-order valence-electron chi connectivity index (χ4n) is 2.84. The van der Waals surface area contributed by atoms with Crippen LogP contribution in [0.2, 0.25) is 0 Å². The highest BCUT2D eigenvalue weighted by Crippen LogP contribution is 2.27. The summed E-state index contributed by atoms with van der Waals surface area (Å²) in [5, 5.41) is 20.7. The summed E-state index contributed by atoms with van der Waals surface area (Å²) in [7, 11) is 0. The van der Waals surface area contributed by atoms with Gasteiger partial charge in [0.1, 0.15) is 41.0 Å². The first-order valence-corrected chi connectivity index (χ1v) is 9.94. The predicted molar refractivity (Wildman–Crippen MR) is 117 cm³/mol. The topological polar surface area (TPSA) is 198 Å². The van der Waals surface area contributed by atoms with E-state index in [2.05, 4.69) is 10.3 Å². The van der Waals surface area contributed by atoms with Gasteiger partial charge in [-0.05, 0) is 24.1 Å². The number of carbonyl (C=O) groups excluding carboxylic acids is 1. The molecular weight excluding hydrogens is 426 g/mol. The molecule has 0 spiro atoms. The van der Waals surface area contributed by atoms with E-state index in [9.17, 15) is 9.90 Å². The number of aliphatic imine (C=N–C) groups is 1. The Hall–Kier alpha value is -3.15. The normalized spacial score (nSPS) is 16.8. The third-order valence-electron chi connectivity index (χ3n) is 4.44. The van der Waals surface area contributed by atoms with Gasteiger partial charge in [0.05, 0.1) is 12.6 Å². The molecule has 0 saturated heterocycles. The fraction of sp³-hybridized carbons (Fsp3) is 0.368. The summed E-state index contributed by atoms with van der Waals surface area (Å²) >= 11 is 6.05. The van der Waals surface area contributed by atoms with E-state index < -0.39 is 12.0 Å². The van der Waals surface area contributed by atoms with E-state index >= 15 is 0 Å². The molecule has 1 aromatic carbocycles. The molecule has 1 aromatic rings. The van der Waals surface area contributed by atoms with Crippen LogP contribution in [0.25, 0.3) is 0 Å². The smallest absolute Gasteiger partial charge is 0.268 e. The van der Waals surface area contributed by atoms with Crippen molar-refractivity contribution in [3.8, 4) is 5.75 Å². The molecule has 170 valence electrons. The first kappa shape index (κ1) is 24.1. The van der Waals surface area contributed by atoms with E-state index in [0.29, 0.717) is 12.2 Å². The van der Waals surface area contributed by atoms with Crippen LogP contribution in [0.15, 0.2) is 51.8 Å². The van der Waals surface area contributed by atoms with Crippen LogP contribution in [-0.4, -0.2) is 46.3 Å². The van der Waals surface area contributed by atoms with E-state index in [1.165, 1.54) is 0 Å². The first-order valence-electron chi connectivity index (χ1n) is 9.56. The number of nitrogens with two attached hydrogens (primary N) is 4. The van der Waals surface area contributed by atoms with Gasteiger partial charge in [-0.2, -0.15) is 0 Å². The molecule has 0 fully saturated rings. The summed E-state index contributed by atoms with van der Waals surface area (Å²) in [6.07, 6.45) is 0.526. The molecule has 2 rings (SSSR count). The molecule has 31 heavy (non-hydrogen) atoms. The number of aliphatic hydroxyl groups is 2. The number of hydrogen-bond donors (Lipinski definition) is 7. The van der Waals surface area contributed by atoms with Crippen LogP contribution in [0, 0.1) is 0 Å². The predicted octanol–water partition coefficient (Wildman–Crippen LogP) is -0.583. The zero-order chi connectivity index (χ0) is 23.1. The number of halogens is 1. The number of primary amides is 1. The highest BCUT2D eigenvalue weighted by Gasteiger charge is 2.29. The van der Waals surface area contributed by atoms with Crippen LogP contribution < -0.4 is 33.0 Å². The van der Waals surface area contributed by atoms with Crippen molar-refractivity contribution in [1.29, 1.82) is 0 Å². The van der Waals surface area contributed by atoms with E-state index in [4.69, 9.17) is 44.4 Å². The van der Waals surface area contributed by atoms with E-state index in [0.717, 1.165) is 16.9 Å². The van der Waals surface area contributed by atoms with Crippen molar-refractivity contribution < 1.29 is 19.7 Å². The van der Waals surface area contributed by atoms with Crippen LogP contribution >= 0.6 is 11.6 Å². The standard InChI is InChI=1S/C19H28ClN7O4/c1-2-3-13(10-4-6-12(7-5-10)31-9-11(29)8-28)25-19(24)27-16(21)14(18(23)30)26-15(20)17(27)22/h4-7,11,13,26,28-29H,2-3,8-9,21-22H2,1H3,(H2,23,30)(H2,24,25)/t11-,13?/m1/s1. The molecule has 1 aliphatic heterocycles. The van der Waals surface area contributed by atoms with Gasteiger partial charge in [-0.25, -0.2) is 9.89 Å². The minimum absolute atomic E-state index is 0.0214. The largest absolute Gasteiger partial charge is 0.491 e. The molecular formula is C19H28ClN7O4. The number of nitrogens with one attached hydrogen (secondary N) is 1. The SMILES string of the molecule is CCCC(N=C(N)N1C(N)=C(Cl)NC(C(N)=O)=C1N)c1ccc(OC[C@H](O)CO)cc1. The Balaban J connectivity index is 2.30. The van der Waals surface area contributed by atoms with Gasteiger partial charge in [0.15, 0.2) is 0 Å². The number of nitrogens with zero attached hydrogens (tertiary/aromatic N) is 2. The second kappa shape index (κ2) is 10.8. The van der Waals surface area contributed by atoms with Gasteiger partial charge in [-0.1, -0.05) is 37.1 Å². The van der Waals surface area contributed by atoms with Crippen molar-refractivity contribution in [3.63, 3.8) is 0 Å². The zero-order valence-electron chi connectivity index (χ0n) is 17.1. The highest BCUT2D eigenvalue weighted by molar-refractivity contribution is 6.30. The van der Waals surface area contributed by atoms with Crippen LogP contribution in [0.1, 0.15) is 31.4 Å². The van der Waals surface area contributed by atoms with Crippen molar-refractivity contribution in [3.05, 3.63) is 52.3 Å². The summed E-state index contributed by atoms with van der Waals surface area (Å²) in [6.45, 7) is 1.59. The monoisotopic (exact) mass is 453 g/mol. The maximum absolute atomic E-state index is 11.6. The average molecular weight is 454 g/mol. The van der Waals surface area contributed by atoms with Gasteiger partial charge >= 0.3 is 0 Å². The number of guanidine groups is 1. The number of aliphatic hydroxyl groups excluding tert-OH is 2. The average Bonchev–Trinajstić information content (AvgIpc) is 2.74. The van der Waals surface area contributed by atoms with Gasteiger partial charge in [0.25, 0.3) is 5.91 Å². The molecule has 1 heterocycles. The van der Waals surface area contributed by atoms with E-state index in [1.807, 2.05) is 19.1 Å². The lowest BCUT2D eigenvalue weighted by Crippen LogP contribution is -2.49. The van der Waals surface area contributed by atoms with Gasteiger partial charge in [-0.3, -0.25) is 4.79 Å². The fourth-order valence-corrected chi connectivity index (χ4v) is 3.02. The molecule has 0 aliphatic carbocycles. The molecule has 0 aromatic heterocycles. The zero-order valence-corrected chi connectivity index (χ0v) is 17.8. The lowest BCUT2D eigenvalue weighted by Gasteiger charge is -2.31. The minimum Gasteiger partial charge on any atom is -0.491 e. The lowest BCUT2D eigenvalue weighted by atomic mass is 10.0. The number of ether oxygens (including phenoxy) is 1. The summed E-state index contributed by atoms with van der Waals surface area (Å²) < 4.78 is 5.41. The maximum atomic E-state index is 11.6. The van der Waals surface area contributed by atoms with Gasteiger partial charge < -0.3 is 43.2 Å². The Kier molecular flexibility index (Phi) is 8.37. The number of amides is 1. The second-order valence-electron chi connectivity index (χ2n) is 6.79. The maximum Gasteiger partial charge on any atom is 0.268 e. The number of hydrogen-bond acceptors (Lipinski definition) is 8. The summed E-state index contributed by atoms with van der Waals surface area (Å²) in [5.74, 6) is -0.488. The third kappa shape index (κ3) is 5.94. The Bertz CT molecular complexity index is 886. The molecule has 0 radical (unpaired) electrons. The van der Waals surface area contributed by atoms with Crippen molar-refractivity contribution in [2.75, 3.05) is 13.2 Å². The Morgan fingerprint density at radius 1 is 1.26 bits per heavy atom. The molecule has 11 N–H and O–H groups in total. The van der Waals surface area contributed by atoms with E-state index in [1.54, 1.807) is 12.1 Å². The van der Waals surface area contributed by atoms with E-state index in [-0.39, 0.29) is 47.7 Å². The van der Waals surface area contributed by atoms with Gasteiger partial charge in [-0.15, -0.1) is 0 Å². The van der Waals surface area contributed by atoms with Crippen LogP contribution in [-0.2, 0) is 4.79 Å². The molecule has 1 unspecified atom stereocenters. The number of carbonyl (C=O) groups is 1. The Labute approximate surface area is 185 Å². The highest BCUT2D eigenvalue weighted by atomic mass is 35.5. The molecule has 1 aliphatic rings. The van der Waals surface area contributed by atoms with Crippen molar-refractivity contribution in [2.24, 2.45) is 27.9 Å². The van der Waals surface area contributed by atoms with Crippen LogP contribution in [0.3, 0.4) is 0 Å². The molecule has 12 heteroatoms. The van der Waals surface area contributed by atoms with Crippen molar-refractivity contribution >= 4 is 23.5 Å². The van der Waals surface area contributed by atoms with Gasteiger partial charge in [0.2, 0.25) is 5.96 Å². The summed E-state index contributed by atoms with van der Waals surface area (Å²) in [4.78, 5) is 17.3. The Morgan fingerprint density at radius 3 is 2.45 bits per heavy atom. The first-order chi connectivity index (χ1) is 14.7. The number of rotatable bonds is 9. The lowest BCUT2D eigenvalue weighted by molar-refractivity contribution is -0.115. The molecule has 2 atom stereocenters. The van der Waals surface area contributed by atoms with Crippen LogP contribution in [0.5, 0.6) is 5.75 Å². The van der Waals surface area contributed by atoms with Crippen LogP contribution in [0.4, 0.5) is 0 Å². The molecule has 11 nitrogen and oxygen atoms in total. The van der Waals surface area contributed by atoms with Crippen molar-refractivity contribution in [1.82, 2.24) is 10.2 Å².